The van der Waals surface area contributed by atoms with Crippen LogP contribution in [0.3, 0.4) is 0 Å². The van der Waals surface area contributed by atoms with Crippen LogP contribution in [0.25, 0.3) is 0 Å². The molecule has 0 saturated carbocycles. The number of pyridine rings is 1. The third-order valence-corrected chi connectivity index (χ3v) is 2.42. The number of aromatic nitrogens is 1. The molecule has 82 valence electrons. The van der Waals surface area contributed by atoms with E-state index < -0.39 is 0 Å². The zero-order valence-electron chi connectivity index (χ0n) is 9.27. The molecule has 2 aromatic rings. The van der Waals surface area contributed by atoms with Crippen molar-refractivity contribution < 1.29 is 0 Å². The summed E-state index contributed by atoms with van der Waals surface area (Å²) < 4.78 is 0. The van der Waals surface area contributed by atoms with Gasteiger partial charge in [0.1, 0.15) is 5.82 Å². The van der Waals surface area contributed by atoms with Gasteiger partial charge in [0, 0.05) is 18.4 Å². The Morgan fingerprint density at radius 3 is 2.81 bits per heavy atom. The maximum absolute atomic E-state index is 5.67. The topological polar surface area (TPSA) is 50.9 Å². The summed E-state index contributed by atoms with van der Waals surface area (Å²) >= 11 is 0. The minimum absolute atomic E-state index is 0.523. The van der Waals surface area contributed by atoms with Gasteiger partial charge in [0.05, 0.1) is 0 Å². The molecular weight excluding hydrogens is 198 g/mol. The fourth-order valence-electron chi connectivity index (χ4n) is 1.56. The predicted octanol–water partition coefficient (Wildman–Crippen LogP) is 2.59. The van der Waals surface area contributed by atoms with Crippen LogP contribution in [0.4, 0.5) is 11.5 Å². The lowest BCUT2D eigenvalue weighted by molar-refractivity contribution is 1.07. The molecule has 1 heterocycles. The number of benzene rings is 1. The Balaban J connectivity index is 2.26. The molecule has 2 rings (SSSR count). The summed E-state index contributed by atoms with van der Waals surface area (Å²) in [5, 5.41) is 3.27. The number of aryl methyl sites for hydroxylation is 1. The summed E-state index contributed by atoms with van der Waals surface area (Å²) in [5.41, 5.74) is 8.96. The molecule has 16 heavy (non-hydrogen) atoms. The van der Waals surface area contributed by atoms with E-state index in [1.54, 1.807) is 6.20 Å². The molecule has 0 unspecified atom stereocenters. The van der Waals surface area contributed by atoms with E-state index in [2.05, 4.69) is 10.3 Å². The summed E-state index contributed by atoms with van der Waals surface area (Å²) in [5.74, 6) is 0.848. The highest BCUT2D eigenvalue weighted by Gasteiger charge is 2.00. The Hall–Kier alpha value is -1.87. The highest BCUT2D eigenvalue weighted by atomic mass is 15.0. The molecule has 3 N–H and O–H groups in total. The second-order valence-electron chi connectivity index (χ2n) is 3.70. The SMILES string of the molecule is Cc1ccnc(Nc2ccccc2CN)c1. The fourth-order valence-corrected chi connectivity index (χ4v) is 1.56. The van der Waals surface area contributed by atoms with Gasteiger partial charge in [0.25, 0.3) is 0 Å². The van der Waals surface area contributed by atoms with Crippen LogP contribution < -0.4 is 11.1 Å². The number of nitrogens with one attached hydrogen (secondary N) is 1. The number of nitrogens with zero attached hydrogens (tertiary/aromatic N) is 1. The molecule has 0 atom stereocenters. The van der Waals surface area contributed by atoms with Crippen LogP contribution >= 0.6 is 0 Å². The number of para-hydroxylation sites is 1. The number of hydrogen-bond donors (Lipinski definition) is 2. The summed E-state index contributed by atoms with van der Waals surface area (Å²) in [6.07, 6.45) is 1.79. The second-order valence-corrected chi connectivity index (χ2v) is 3.70. The standard InChI is InChI=1S/C13H15N3/c1-10-6-7-15-13(8-10)16-12-5-3-2-4-11(12)9-14/h2-8H,9,14H2,1H3,(H,15,16). The van der Waals surface area contributed by atoms with Crippen molar-refractivity contribution in [3.8, 4) is 0 Å². The third-order valence-electron chi connectivity index (χ3n) is 2.42. The van der Waals surface area contributed by atoms with E-state index in [9.17, 15) is 0 Å². The molecule has 0 radical (unpaired) electrons. The van der Waals surface area contributed by atoms with Crippen molar-refractivity contribution in [2.75, 3.05) is 5.32 Å². The lowest BCUT2D eigenvalue weighted by Gasteiger charge is -2.10. The Bertz CT molecular complexity index is 480. The largest absolute Gasteiger partial charge is 0.340 e. The number of hydrogen-bond acceptors (Lipinski definition) is 3. The summed E-state index contributed by atoms with van der Waals surface area (Å²) in [7, 11) is 0. The van der Waals surface area contributed by atoms with Crippen LogP contribution in [-0.2, 0) is 6.54 Å². The van der Waals surface area contributed by atoms with Crippen molar-refractivity contribution in [2.24, 2.45) is 5.73 Å². The zero-order chi connectivity index (χ0) is 11.4. The first kappa shape index (κ1) is 10.6. The van der Waals surface area contributed by atoms with Gasteiger partial charge in [-0.25, -0.2) is 4.98 Å². The van der Waals surface area contributed by atoms with Gasteiger partial charge in [0.15, 0.2) is 0 Å². The normalized spacial score (nSPS) is 10.1. The summed E-state index contributed by atoms with van der Waals surface area (Å²) in [4.78, 5) is 4.26. The summed E-state index contributed by atoms with van der Waals surface area (Å²) in [6.45, 7) is 2.57. The molecule has 0 aliphatic rings. The van der Waals surface area contributed by atoms with Crippen LogP contribution in [0, 0.1) is 6.92 Å². The van der Waals surface area contributed by atoms with Gasteiger partial charge in [-0.2, -0.15) is 0 Å². The van der Waals surface area contributed by atoms with Gasteiger partial charge >= 0.3 is 0 Å². The number of nitrogens with two attached hydrogens (primary N) is 1. The van der Waals surface area contributed by atoms with Crippen molar-refractivity contribution in [2.45, 2.75) is 13.5 Å². The van der Waals surface area contributed by atoms with Gasteiger partial charge in [-0.3, -0.25) is 0 Å². The quantitative estimate of drug-likeness (QED) is 0.824. The van der Waals surface area contributed by atoms with Crippen molar-refractivity contribution in [1.82, 2.24) is 4.98 Å². The van der Waals surface area contributed by atoms with Crippen LogP contribution in [0.1, 0.15) is 11.1 Å². The summed E-state index contributed by atoms with van der Waals surface area (Å²) in [6, 6.07) is 12.0. The second kappa shape index (κ2) is 4.77. The molecule has 3 nitrogen and oxygen atoms in total. The van der Waals surface area contributed by atoms with E-state index in [0.717, 1.165) is 17.1 Å². The van der Waals surface area contributed by atoms with E-state index in [-0.39, 0.29) is 0 Å². The van der Waals surface area contributed by atoms with E-state index in [0.29, 0.717) is 6.54 Å². The number of rotatable bonds is 3. The minimum atomic E-state index is 0.523. The molecule has 0 amide bonds. The van der Waals surface area contributed by atoms with Crippen LogP contribution in [-0.4, -0.2) is 4.98 Å². The smallest absolute Gasteiger partial charge is 0.130 e. The molecule has 0 spiro atoms. The number of anilines is 2. The van der Waals surface area contributed by atoms with Crippen LogP contribution in [0.2, 0.25) is 0 Å². The van der Waals surface area contributed by atoms with Gasteiger partial charge in [-0.1, -0.05) is 18.2 Å². The molecule has 1 aromatic carbocycles. The Morgan fingerprint density at radius 1 is 1.25 bits per heavy atom. The molecule has 0 fully saturated rings. The molecule has 0 aliphatic heterocycles. The average molecular weight is 213 g/mol. The molecule has 0 saturated heterocycles. The van der Waals surface area contributed by atoms with Crippen molar-refractivity contribution in [1.29, 1.82) is 0 Å². The lowest BCUT2D eigenvalue weighted by Crippen LogP contribution is -2.02. The molecule has 0 aliphatic carbocycles. The average Bonchev–Trinajstić information content (AvgIpc) is 2.30. The van der Waals surface area contributed by atoms with E-state index in [1.807, 2.05) is 43.3 Å². The van der Waals surface area contributed by atoms with Crippen molar-refractivity contribution in [3.63, 3.8) is 0 Å². The maximum atomic E-state index is 5.67. The maximum Gasteiger partial charge on any atom is 0.130 e. The van der Waals surface area contributed by atoms with Gasteiger partial charge in [-0.05, 0) is 36.2 Å². The Kier molecular flexibility index (Phi) is 3.17. The first-order valence-corrected chi connectivity index (χ1v) is 5.27. The lowest BCUT2D eigenvalue weighted by atomic mass is 10.2. The fraction of sp³-hybridized carbons (Fsp3) is 0.154. The molecule has 1 aromatic heterocycles. The minimum Gasteiger partial charge on any atom is -0.340 e. The first-order valence-electron chi connectivity index (χ1n) is 5.27. The van der Waals surface area contributed by atoms with Crippen LogP contribution in [0.15, 0.2) is 42.6 Å². The van der Waals surface area contributed by atoms with Crippen LogP contribution in [0.5, 0.6) is 0 Å². The van der Waals surface area contributed by atoms with Crippen molar-refractivity contribution >= 4 is 11.5 Å². The Morgan fingerprint density at radius 2 is 2.06 bits per heavy atom. The molecular formula is C13H15N3. The molecule has 0 bridgehead atoms. The highest BCUT2D eigenvalue weighted by molar-refractivity contribution is 5.60. The first-order chi connectivity index (χ1) is 7.79. The van der Waals surface area contributed by atoms with Gasteiger partial charge in [0.2, 0.25) is 0 Å². The highest BCUT2D eigenvalue weighted by Crippen LogP contribution is 2.19. The third kappa shape index (κ3) is 2.38. The zero-order valence-corrected chi connectivity index (χ0v) is 9.27. The van der Waals surface area contributed by atoms with E-state index in [4.69, 9.17) is 5.73 Å². The van der Waals surface area contributed by atoms with Crippen molar-refractivity contribution in [3.05, 3.63) is 53.7 Å². The van der Waals surface area contributed by atoms with E-state index >= 15 is 0 Å². The van der Waals surface area contributed by atoms with E-state index in [1.165, 1.54) is 5.56 Å². The van der Waals surface area contributed by atoms with Gasteiger partial charge < -0.3 is 11.1 Å². The molecule has 3 heteroatoms. The monoisotopic (exact) mass is 213 g/mol. The van der Waals surface area contributed by atoms with Gasteiger partial charge in [-0.15, -0.1) is 0 Å². The predicted molar refractivity (Wildman–Crippen MR) is 66.6 cm³/mol. The Labute approximate surface area is 95.3 Å².